The average Bonchev–Trinajstić information content (AvgIpc) is 2.78. The molecule has 4 rings (SSSR count). The number of nitrogens with one attached hydrogen (secondary N) is 2. The number of carbonyl (C=O) groups is 1. The van der Waals surface area contributed by atoms with Crippen molar-refractivity contribution in [1.82, 2.24) is 9.88 Å². The Kier molecular flexibility index (Phi) is 6.28. The number of hydrogen-bond donors (Lipinski definition) is 3. The van der Waals surface area contributed by atoms with E-state index < -0.39 is 52.7 Å². The smallest absolute Gasteiger partial charge is 0.258 e. The molecular formula is C25H25ClF2N4O4. The number of anilines is 3. The van der Waals surface area contributed by atoms with Crippen molar-refractivity contribution in [2.24, 2.45) is 5.41 Å². The SMILES string of the molecule is Cc1cccnc1[C@H](Nc1c(Nc2ccc(Cl)c(C(=O)N(C)C)c2O)c(=O)c1=O)C1(C)CC(F)(F)C1. The van der Waals surface area contributed by atoms with Crippen molar-refractivity contribution in [2.75, 3.05) is 24.7 Å². The molecule has 1 saturated carbocycles. The van der Waals surface area contributed by atoms with Crippen molar-refractivity contribution >= 4 is 34.6 Å². The van der Waals surface area contributed by atoms with Crippen LogP contribution in [0.15, 0.2) is 40.1 Å². The van der Waals surface area contributed by atoms with Crippen LogP contribution in [0.2, 0.25) is 5.02 Å². The molecule has 1 atom stereocenters. The molecule has 1 aliphatic rings. The number of amides is 1. The normalized spacial score (nSPS) is 16.8. The molecule has 0 saturated heterocycles. The minimum Gasteiger partial charge on any atom is -0.505 e. The molecular weight excluding hydrogens is 494 g/mol. The molecule has 2 aromatic carbocycles. The summed E-state index contributed by atoms with van der Waals surface area (Å²) in [5.74, 6) is -3.89. The first-order valence-corrected chi connectivity index (χ1v) is 11.5. The van der Waals surface area contributed by atoms with Crippen LogP contribution in [0, 0.1) is 12.3 Å². The summed E-state index contributed by atoms with van der Waals surface area (Å²) >= 11 is 6.10. The number of rotatable bonds is 7. The van der Waals surface area contributed by atoms with Gasteiger partial charge in [-0.1, -0.05) is 24.6 Å². The molecule has 0 radical (unpaired) electrons. The Bertz CT molecular complexity index is 1420. The molecule has 0 aliphatic heterocycles. The van der Waals surface area contributed by atoms with Crippen molar-refractivity contribution in [3.05, 3.63) is 72.8 Å². The van der Waals surface area contributed by atoms with E-state index in [4.69, 9.17) is 11.6 Å². The molecule has 1 fully saturated rings. The highest BCUT2D eigenvalue weighted by atomic mass is 35.5. The second kappa shape index (κ2) is 8.85. The zero-order valence-electron chi connectivity index (χ0n) is 20.1. The fourth-order valence-corrected chi connectivity index (χ4v) is 4.96. The summed E-state index contributed by atoms with van der Waals surface area (Å²) in [7, 11) is 2.97. The highest BCUT2D eigenvalue weighted by Gasteiger charge is 2.58. The van der Waals surface area contributed by atoms with E-state index in [1.165, 1.54) is 37.3 Å². The maximum absolute atomic E-state index is 13.9. The standard InChI is InChI=1S/C25H25ClF2N4O4/c1-12-6-5-9-29-16(12)22(24(2)10-25(27,28)11-24)31-18-17(20(34)21(18)35)30-14-8-7-13(26)15(19(14)33)23(36)32(3)4/h5-9,22,30-31,33H,10-11H2,1-4H3/t22-/m0/s1. The molecule has 1 aromatic heterocycles. The van der Waals surface area contributed by atoms with Crippen molar-refractivity contribution in [3.63, 3.8) is 0 Å². The van der Waals surface area contributed by atoms with Crippen molar-refractivity contribution in [2.45, 2.75) is 38.7 Å². The number of halogens is 3. The molecule has 190 valence electrons. The van der Waals surface area contributed by atoms with Crippen LogP contribution in [0.4, 0.5) is 25.8 Å². The van der Waals surface area contributed by atoms with E-state index >= 15 is 0 Å². The largest absolute Gasteiger partial charge is 0.505 e. The van der Waals surface area contributed by atoms with Crippen molar-refractivity contribution in [3.8, 4) is 5.75 Å². The molecule has 36 heavy (non-hydrogen) atoms. The Labute approximate surface area is 210 Å². The van der Waals surface area contributed by atoms with Crippen LogP contribution in [-0.4, -0.2) is 40.9 Å². The van der Waals surface area contributed by atoms with E-state index in [1.54, 1.807) is 26.0 Å². The fraction of sp³-hybridized carbons (Fsp3) is 0.360. The zero-order chi connectivity index (χ0) is 26.6. The summed E-state index contributed by atoms with van der Waals surface area (Å²) in [6.45, 7) is 3.46. The Balaban J connectivity index is 1.72. The van der Waals surface area contributed by atoms with Gasteiger partial charge < -0.3 is 20.6 Å². The van der Waals surface area contributed by atoms with E-state index in [9.17, 15) is 28.3 Å². The number of pyridine rings is 1. The first kappa shape index (κ1) is 25.6. The Morgan fingerprint density at radius 1 is 1.17 bits per heavy atom. The van der Waals surface area contributed by atoms with Gasteiger partial charge in [0, 0.05) is 38.5 Å². The van der Waals surface area contributed by atoms with Crippen LogP contribution in [0.25, 0.3) is 0 Å². The first-order valence-electron chi connectivity index (χ1n) is 11.1. The third kappa shape index (κ3) is 4.30. The van der Waals surface area contributed by atoms with E-state index in [1.807, 2.05) is 0 Å². The topological polar surface area (TPSA) is 112 Å². The summed E-state index contributed by atoms with van der Waals surface area (Å²) < 4.78 is 27.8. The van der Waals surface area contributed by atoms with Gasteiger partial charge in [0.05, 0.1) is 22.4 Å². The molecule has 0 unspecified atom stereocenters. The molecule has 0 bridgehead atoms. The van der Waals surface area contributed by atoms with Crippen LogP contribution in [0.5, 0.6) is 5.75 Å². The zero-order valence-corrected chi connectivity index (χ0v) is 20.8. The third-order valence-electron chi connectivity index (χ3n) is 6.55. The van der Waals surface area contributed by atoms with Crippen LogP contribution >= 0.6 is 11.6 Å². The second-order valence-corrected chi connectivity index (χ2v) is 10.1. The molecule has 3 aromatic rings. The van der Waals surface area contributed by atoms with E-state index in [0.717, 1.165) is 5.56 Å². The third-order valence-corrected chi connectivity index (χ3v) is 6.87. The number of phenols is 1. The predicted molar refractivity (Wildman–Crippen MR) is 133 cm³/mol. The summed E-state index contributed by atoms with van der Waals surface area (Å²) in [6, 6.07) is 5.45. The van der Waals surface area contributed by atoms with Crippen LogP contribution in [0.3, 0.4) is 0 Å². The monoisotopic (exact) mass is 518 g/mol. The van der Waals surface area contributed by atoms with Crippen molar-refractivity contribution < 1.29 is 18.7 Å². The van der Waals surface area contributed by atoms with Gasteiger partial charge in [-0.2, -0.15) is 0 Å². The van der Waals surface area contributed by atoms with Gasteiger partial charge in [-0.3, -0.25) is 19.4 Å². The number of aromatic hydroxyl groups is 1. The van der Waals surface area contributed by atoms with Crippen molar-refractivity contribution in [1.29, 1.82) is 0 Å². The van der Waals surface area contributed by atoms with Gasteiger partial charge in [0.15, 0.2) is 5.75 Å². The number of benzene rings is 1. The average molecular weight is 519 g/mol. The molecule has 1 heterocycles. The number of carbonyl (C=O) groups excluding carboxylic acids is 1. The van der Waals surface area contributed by atoms with E-state index in [-0.39, 0.29) is 27.6 Å². The number of phenolic OH excluding ortho intramolecular Hbond substituents is 1. The number of alkyl halides is 2. The van der Waals surface area contributed by atoms with Crippen LogP contribution < -0.4 is 21.5 Å². The van der Waals surface area contributed by atoms with Gasteiger partial charge in [0.25, 0.3) is 16.8 Å². The van der Waals surface area contributed by atoms with E-state index in [0.29, 0.717) is 5.69 Å². The maximum atomic E-state index is 13.9. The minimum atomic E-state index is -2.84. The number of aryl methyl sites for hydroxylation is 1. The quantitative estimate of drug-likeness (QED) is 0.314. The summed E-state index contributed by atoms with van der Waals surface area (Å²) in [5.41, 5.74) is -1.86. The van der Waals surface area contributed by atoms with Gasteiger partial charge in [0.1, 0.15) is 16.9 Å². The number of nitrogens with zero attached hydrogens (tertiary/aromatic N) is 2. The number of hydrogen-bond acceptors (Lipinski definition) is 7. The molecule has 0 spiro atoms. The van der Waals surface area contributed by atoms with Gasteiger partial charge >= 0.3 is 0 Å². The highest BCUT2D eigenvalue weighted by Crippen LogP contribution is 2.58. The molecule has 11 heteroatoms. The van der Waals surface area contributed by atoms with Gasteiger partial charge in [0.2, 0.25) is 5.92 Å². The highest BCUT2D eigenvalue weighted by molar-refractivity contribution is 6.34. The lowest BCUT2D eigenvalue weighted by molar-refractivity contribution is -0.161. The fourth-order valence-electron chi connectivity index (χ4n) is 4.73. The lowest BCUT2D eigenvalue weighted by atomic mass is 9.61. The van der Waals surface area contributed by atoms with Crippen LogP contribution in [-0.2, 0) is 0 Å². The maximum Gasteiger partial charge on any atom is 0.258 e. The Morgan fingerprint density at radius 2 is 1.81 bits per heavy atom. The molecule has 3 N–H and O–H groups in total. The lowest BCUT2D eigenvalue weighted by Gasteiger charge is -2.50. The van der Waals surface area contributed by atoms with Crippen LogP contribution in [0.1, 0.15) is 47.4 Å². The second-order valence-electron chi connectivity index (χ2n) is 9.70. The number of aromatic nitrogens is 1. The van der Waals surface area contributed by atoms with Gasteiger partial charge in [-0.25, -0.2) is 8.78 Å². The van der Waals surface area contributed by atoms with E-state index in [2.05, 4.69) is 15.6 Å². The van der Waals surface area contributed by atoms with Gasteiger partial charge in [-0.05, 0) is 30.7 Å². The Hall–Kier alpha value is -3.53. The Morgan fingerprint density at radius 3 is 2.39 bits per heavy atom. The molecule has 8 nitrogen and oxygen atoms in total. The summed E-state index contributed by atoms with van der Waals surface area (Å²) in [4.78, 5) is 43.1. The first-order chi connectivity index (χ1) is 16.8. The summed E-state index contributed by atoms with van der Waals surface area (Å²) in [5, 5.41) is 16.4. The van der Waals surface area contributed by atoms with Gasteiger partial charge in [-0.15, -0.1) is 0 Å². The minimum absolute atomic E-state index is 0.00428. The molecule has 1 amide bonds. The lowest BCUT2D eigenvalue weighted by Crippen LogP contribution is -2.51. The predicted octanol–water partition coefficient (Wildman–Crippen LogP) is 4.38. The summed E-state index contributed by atoms with van der Waals surface area (Å²) in [6.07, 6.45) is 0.702. The molecule has 1 aliphatic carbocycles.